The standard InChI is InChI=1S/C9H16N2O2/c1-4-5-7-9(13-3)10-6-8(11-7)12-2/h7H,4-6H2,1-3H3/t7-/m0/s1. The fourth-order valence-corrected chi connectivity index (χ4v) is 1.30. The molecule has 0 saturated heterocycles. The van der Waals surface area contributed by atoms with Crippen molar-refractivity contribution in [3.63, 3.8) is 0 Å². The fourth-order valence-electron chi connectivity index (χ4n) is 1.30. The van der Waals surface area contributed by atoms with E-state index in [1.54, 1.807) is 14.2 Å². The van der Waals surface area contributed by atoms with Crippen molar-refractivity contribution in [3.05, 3.63) is 0 Å². The number of ether oxygens (including phenoxy) is 2. The summed E-state index contributed by atoms with van der Waals surface area (Å²) in [6.45, 7) is 2.61. The molecule has 4 nitrogen and oxygen atoms in total. The molecular formula is C9H16N2O2. The van der Waals surface area contributed by atoms with Gasteiger partial charge in [0, 0.05) is 0 Å². The van der Waals surface area contributed by atoms with Crippen LogP contribution in [0.2, 0.25) is 0 Å². The fraction of sp³-hybridized carbons (Fsp3) is 0.778. The Kier molecular flexibility index (Phi) is 3.73. The van der Waals surface area contributed by atoms with Crippen LogP contribution in [0.4, 0.5) is 0 Å². The highest BCUT2D eigenvalue weighted by Gasteiger charge is 2.20. The normalized spacial score (nSPS) is 21.9. The van der Waals surface area contributed by atoms with Crippen molar-refractivity contribution >= 4 is 11.8 Å². The largest absolute Gasteiger partial charge is 0.483 e. The number of aliphatic imine (C=N–C) groups is 2. The topological polar surface area (TPSA) is 43.2 Å². The zero-order valence-electron chi connectivity index (χ0n) is 8.41. The van der Waals surface area contributed by atoms with Crippen LogP contribution in [0.5, 0.6) is 0 Å². The predicted molar refractivity (Wildman–Crippen MR) is 52.5 cm³/mol. The Morgan fingerprint density at radius 3 is 2.69 bits per heavy atom. The first-order chi connectivity index (χ1) is 6.31. The number of nitrogens with zero attached hydrogens (tertiary/aromatic N) is 2. The van der Waals surface area contributed by atoms with Crippen LogP contribution < -0.4 is 0 Å². The van der Waals surface area contributed by atoms with Gasteiger partial charge in [-0.05, 0) is 6.42 Å². The molecule has 1 aliphatic rings. The molecule has 0 unspecified atom stereocenters. The van der Waals surface area contributed by atoms with Gasteiger partial charge >= 0.3 is 0 Å². The second-order valence-electron chi connectivity index (χ2n) is 2.89. The van der Waals surface area contributed by atoms with E-state index in [0.717, 1.165) is 18.7 Å². The highest BCUT2D eigenvalue weighted by atomic mass is 16.5. The van der Waals surface area contributed by atoms with Gasteiger partial charge in [0.25, 0.3) is 0 Å². The number of hydrogen-bond donors (Lipinski definition) is 0. The third-order valence-corrected chi connectivity index (χ3v) is 1.96. The minimum Gasteiger partial charge on any atom is -0.483 e. The van der Waals surface area contributed by atoms with E-state index in [-0.39, 0.29) is 6.04 Å². The van der Waals surface area contributed by atoms with Gasteiger partial charge in [-0.2, -0.15) is 0 Å². The quantitative estimate of drug-likeness (QED) is 0.648. The minimum atomic E-state index is 0.0544. The summed E-state index contributed by atoms with van der Waals surface area (Å²) in [6, 6.07) is 0.0544. The van der Waals surface area contributed by atoms with Crippen molar-refractivity contribution in [2.45, 2.75) is 25.8 Å². The molecule has 0 aromatic rings. The second-order valence-corrected chi connectivity index (χ2v) is 2.89. The molecule has 0 N–H and O–H groups in total. The van der Waals surface area contributed by atoms with E-state index in [4.69, 9.17) is 9.47 Å². The van der Waals surface area contributed by atoms with Crippen LogP contribution >= 0.6 is 0 Å². The lowest BCUT2D eigenvalue weighted by Gasteiger charge is -2.18. The molecular weight excluding hydrogens is 168 g/mol. The Morgan fingerprint density at radius 2 is 2.15 bits per heavy atom. The first-order valence-corrected chi connectivity index (χ1v) is 4.50. The molecule has 0 aromatic heterocycles. The Morgan fingerprint density at radius 1 is 1.38 bits per heavy atom. The summed E-state index contributed by atoms with van der Waals surface area (Å²) < 4.78 is 10.2. The number of rotatable bonds is 2. The average Bonchev–Trinajstić information content (AvgIpc) is 2.18. The van der Waals surface area contributed by atoms with E-state index in [1.807, 2.05) is 0 Å². The van der Waals surface area contributed by atoms with E-state index < -0.39 is 0 Å². The van der Waals surface area contributed by atoms with Crippen molar-refractivity contribution in [2.75, 3.05) is 20.8 Å². The van der Waals surface area contributed by atoms with Crippen LogP contribution in [0.25, 0.3) is 0 Å². The van der Waals surface area contributed by atoms with Crippen LogP contribution in [-0.4, -0.2) is 38.6 Å². The van der Waals surface area contributed by atoms with Gasteiger partial charge in [0.15, 0.2) is 0 Å². The van der Waals surface area contributed by atoms with Crippen molar-refractivity contribution < 1.29 is 9.47 Å². The number of hydrogen-bond acceptors (Lipinski definition) is 4. The van der Waals surface area contributed by atoms with Crippen LogP contribution in [0, 0.1) is 0 Å². The maximum Gasteiger partial charge on any atom is 0.209 e. The lowest BCUT2D eigenvalue weighted by Crippen LogP contribution is -2.28. The summed E-state index contributed by atoms with van der Waals surface area (Å²) in [6.07, 6.45) is 2.02. The van der Waals surface area contributed by atoms with E-state index in [2.05, 4.69) is 16.9 Å². The smallest absolute Gasteiger partial charge is 0.209 e. The zero-order chi connectivity index (χ0) is 9.68. The SMILES string of the molecule is CCC[C@@H]1N=C(OC)CN=C1OC. The summed E-state index contributed by atoms with van der Waals surface area (Å²) in [7, 11) is 3.25. The third kappa shape index (κ3) is 2.44. The molecule has 0 saturated carbocycles. The van der Waals surface area contributed by atoms with Gasteiger partial charge in [-0.1, -0.05) is 13.3 Å². The Bertz CT molecular complexity index is 224. The summed E-state index contributed by atoms with van der Waals surface area (Å²) in [4.78, 5) is 8.62. The molecule has 13 heavy (non-hydrogen) atoms. The van der Waals surface area contributed by atoms with Gasteiger partial charge in [0.05, 0.1) is 14.2 Å². The van der Waals surface area contributed by atoms with Gasteiger partial charge in [-0.25, -0.2) is 9.98 Å². The Hall–Kier alpha value is -1.06. The van der Waals surface area contributed by atoms with Crippen molar-refractivity contribution in [3.8, 4) is 0 Å². The average molecular weight is 184 g/mol. The molecule has 1 heterocycles. The summed E-state index contributed by atoms with van der Waals surface area (Å²) >= 11 is 0. The number of methoxy groups -OCH3 is 2. The van der Waals surface area contributed by atoms with Gasteiger partial charge in [-0.15, -0.1) is 0 Å². The third-order valence-electron chi connectivity index (χ3n) is 1.96. The van der Waals surface area contributed by atoms with Gasteiger partial charge < -0.3 is 9.47 Å². The van der Waals surface area contributed by atoms with E-state index in [1.165, 1.54) is 0 Å². The molecule has 4 heteroatoms. The molecule has 0 aromatic carbocycles. The highest BCUT2D eigenvalue weighted by Crippen LogP contribution is 2.10. The van der Waals surface area contributed by atoms with Crippen LogP contribution in [0.1, 0.15) is 19.8 Å². The van der Waals surface area contributed by atoms with Gasteiger partial charge in [-0.3, -0.25) is 0 Å². The molecule has 1 aliphatic heterocycles. The highest BCUT2D eigenvalue weighted by molar-refractivity contribution is 5.91. The van der Waals surface area contributed by atoms with E-state index in [0.29, 0.717) is 12.4 Å². The molecule has 0 spiro atoms. The summed E-state index contributed by atoms with van der Waals surface area (Å²) in [5, 5.41) is 0. The molecule has 1 rings (SSSR count). The maximum atomic E-state index is 5.14. The van der Waals surface area contributed by atoms with E-state index >= 15 is 0 Å². The summed E-state index contributed by atoms with van der Waals surface area (Å²) in [5.41, 5.74) is 0. The van der Waals surface area contributed by atoms with Gasteiger partial charge in [0.2, 0.25) is 11.8 Å². The lowest BCUT2D eigenvalue weighted by atomic mass is 10.1. The molecule has 1 atom stereocenters. The van der Waals surface area contributed by atoms with Crippen molar-refractivity contribution in [1.29, 1.82) is 0 Å². The first kappa shape index (κ1) is 10.0. The van der Waals surface area contributed by atoms with Crippen LogP contribution in [-0.2, 0) is 9.47 Å². The second kappa shape index (κ2) is 4.84. The lowest BCUT2D eigenvalue weighted by molar-refractivity contribution is 0.356. The Balaban J connectivity index is 2.65. The summed E-state index contributed by atoms with van der Waals surface area (Å²) in [5.74, 6) is 1.42. The van der Waals surface area contributed by atoms with E-state index in [9.17, 15) is 0 Å². The first-order valence-electron chi connectivity index (χ1n) is 4.50. The van der Waals surface area contributed by atoms with Crippen LogP contribution in [0.3, 0.4) is 0 Å². The molecule has 0 fully saturated rings. The molecule has 0 radical (unpaired) electrons. The zero-order valence-corrected chi connectivity index (χ0v) is 8.41. The molecule has 74 valence electrons. The predicted octanol–water partition coefficient (Wildman–Crippen LogP) is 1.26. The Labute approximate surface area is 78.7 Å². The molecule has 0 amide bonds. The maximum absolute atomic E-state index is 5.14. The molecule has 0 aliphatic carbocycles. The van der Waals surface area contributed by atoms with Crippen LogP contribution in [0.15, 0.2) is 9.98 Å². The molecule has 0 bridgehead atoms. The monoisotopic (exact) mass is 184 g/mol. The van der Waals surface area contributed by atoms with Crippen molar-refractivity contribution in [1.82, 2.24) is 0 Å². The van der Waals surface area contributed by atoms with Crippen molar-refractivity contribution in [2.24, 2.45) is 9.98 Å². The minimum absolute atomic E-state index is 0.0544. The van der Waals surface area contributed by atoms with Gasteiger partial charge in [0.1, 0.15) is 12.6 Å².